The maximum absolute atomic E-state index is 11.3. The molecule has 0 aliphatic rings. The maximum Gasteiger partial charge on any atom is 0.165 e. The summed E-state index contributed by atoms with van der Waals surface area (Å²) in [5.74, 6) is 0.00935. The van der Waals surface area contributed by atoms with Gasteiger partial charge in [-0.1, -0.05) is 0 Å². The molecular weight excluding hydrogens is 194 g/mol. The number of methoxy groups -OCH3 is 1. The first kappa shape index (κ1) is 11.2. The number of hydrogen-bond donors (Lipinski definition) is 1. The Morgan fingerprint density at radius 2 is 1.80 bits per heavy atom. The number of benzene rings is 1. The smallest absolute Gasteiger partial charge is 0.165 e. The van der Waals surface area contributed by atoms with E-state index in [0.29, 0.717) is 11.3 Å². The van der Waals surface area contributed by atoms with Gasteiger partial charge in [-0.05, 0) is 26.0 Å². The zero-order chi connectivity index (χ0) is 11.6. The molecule has 2 N–H and O–H groups in total. The van der Waals surface area contributed by atoms with Gasteiger partial charge in [0.25, 0.3) is 0 Å². The highest BCUT2D eigenvalue weighted by Gasteiger charge is 2.17. The minimum absolute atomic E-state index is 0.169. The van der Waals surface area contributed by atoms with Crippen LogP contribution >= 0.6 is 0 Å². The average Bonchev–Trinajstić information content (AvgIpc) is 2.15. The van der Waals surface area contributed by atoms with Crippen LogP contribution < -0.4 is 10.5 Å². The number of Topliss-reactive ketones (excluding diaryl/α,β-unsaturated/α-hetero) is 2. The number of carbonyl (C=O) groups excluding carboxylic acids is 2. The Hall–Kier alpha value is -1.84. The van der Waals surface area contributed by atoms with Crippen molar-refractivity contribution in [1.82, 2.24) is 0 Å². The van der Waals surface area contributed by atoms with E-state index in [1.54, 1.807) is 12.1 Å². The third-order valence-corrected chi connectivity index (χ3v) is 2.16. The molecule has 0 aliphatic heterocycles. The van der Waals surface area contributed by atoms with Crippen LogP contribution in [0.3, 0.4) is 0 Å². The molecule has 4 heteroatoms. The Balaban J connectivity index is 3.49. The Labute approximate surface area is 88.0 Å². The molecule has 0 fully saturated rings. The highest BCUT2D eigenvalue weighted by molar-refractivity contribution is 6.08. The maximum atomic E-state index is 11.3. The van der Waals surface area contributed by atoms with Crippen molar-refractivity contribution in [2.24, 2.45) is 0 Å². The van der Waals surface area contributed by atoms with Crippen molar-refractivity contribution < 1.29 is 14.3 Å². The first-order chi connectivity index (χ1) is 6.99. The number of nitrogens with two attached hydrogens (primary N) is 1. The molecule has 0 heterocycles. The van der Waals surface area contributed by atoms with Crippen LogP contribution in [0.1, 0.15) is 34.6 Å². The van der Waals surface area contributed by atoms with Crippen molar-refractivity contribution in [3.05, 3.63) is 23.3 Å². The van der Waals surface area contributed by atoms with Gasteiger partial charge in [0.15, 0.2) is 11.6 Å². The number of nitrogen functional groups attached to an aromatic ring is 1. The van der Waals surface area contributed by atoms with Crippen LogP contribution in [0.2, 0.25) is 0 Å². The summed E-state index contributed by atoms with van der Waals surface area (Å²) in [6, 6.07) is 3.13. The van der Waals surface area contributed by atoms with E-state index in [1.165, 1.54) is 21.0 Å². The lowest BCUT2D eigenvalue weighted by molar-refractivity contribution is 0.101. The van der Waals surface area contributed by atoms with Crippen LogP contribution in [0.15, 0.2) is 12.1 Å². The van der Waals surface area contributed by atoms with Crippen molar-refractivity contribution in [2.45, 2.75) is 13.8 Å². The molecule has 0 aliphatic carbocycles. The van der Waals surface area contributed by atoms with Gasteiger partial charge in [0.2, 0.25) is 0 Å². The minimum atomic E-state index is -0.215. The molecular formula is C11H13NO3. The molecule has 15 heavy (non-hydrogen) atoms. The van der Waals surface area contributed by atoms with Crippen LogP contribution in [-0.2, 0) is 0 Å². The van der Waals surface area contributed by atoms with Crippen LogP contribution in [0.5, 0.6) is 5.75 Å². The molecule has 0 radical (unpaired) electrons. The Morgan fingerprint density at radius 1 is 1.20 bits per heavy atom. The van der Waals surface area contributed by atoms with E-state index in [2.05, 4.69) is 0 Å². The molecule has 0 unspecified atom stereocenters. The topological polar surface area (TPSA) is 69.4 Å². The number of hydrogen-bond acceptors (Lipinski definition) is 4. The fourth-order valence-corrected chi connectivity index (χ4v) is 1.44. The molecule has 1 aromatic rings. The third kappa shape index (κ3) is 1.98. The quantitative estimate of drug-likeness (QED) is 0.604. The van der Waals surface area contributed by atoms with E-state index >= 15 is 0 Å². The third-order valence-electron chi connectivity index (χ3n) is 2.16. The Morgan fingerprint density at radius 3 is 2.20 bits per heavy atom. The van der Waals surface area contributed by atoms with E-state index in [1.807, 2.05) is 0 Å². The predicted molar refractivity (Wildman–Crippen MR) is 57.4 cm³/mol. The second kappa shape index (κ2) is 4.13. The van der Waals surface area contributed by atoms with Crippen LogP contribution in [-0.4, -0.2) is 18.7 Å². The SMILES string of the molecule is COc1ccc(C(C)=O)c(N)c1C(C)=O. The van der Waals surface area contributed by atoms with Crippen molar-refractivity contribution in [1.29, 1.82) is 0 Å². The monoisotopic (exact) mass is 207 g/mol. The summed E-state index contributed by atoms with van der Waals surface area (Å²) in [6.45, 7) is 2.79. The molecule has 0 saturated carbocycles. The highest BCUT2D eigenvalue weighted by atomic mass is 16.5. The molecule has 4 nitrogen and oxygen atoms in total. The Bertz CT molecular complexity index is 424. The lowest BCUT2D eigenvalue weighted by atomic mass is 10.0. The van der Waals surface area contributed by atoms with Crippen molar-refractivity contribution in [2.75, 3.05) is 12.8 Å². The molecule has 1 rings (SSSR count). The van der Waals surface area contributed by atoms with E-state index in [0.717, 1.165) is 0 Å². The zero-order valence-electron chi connectivity index (χ0n) is 8.96. The second-order valence-electron chi connectivity index (χ2n) is 3.22. The molecule has 0 bridgehead atoms. The number of carbonyl (C=O) groups is 2. The summed E-state index contributed by atoms with van der Waals surface area (Å²) < 4.78 is 5.01. The van der Waals surface area contributed by atoms with Gasteiger partial charge in [-0.2, -0.15) is 0 Å². The fourth-order valence-electron chi connectivity index (χ4n) is 1.44. The molecule has 80 valence electrons. The lowest BCUT2D eigenvalue weighted by Crippen LogP contribution is -2.08. The standard InChI is InChI=1S/C11H13NO3/c1-6(13)8-4-5-9(15-3)10(7(2)14)11(8)12/h4-5H,12H2,1-3H3. The van der Waals surface area contributed by atoms with E-state index in [9.17, 15) is 9.59 Å². The van der Waals surface area contributed by atoms with Crippen LogP contribution in [0.25, 0.3) is 0 Å². The summed E-state index contributed by atoms with van der Waals surface area (Å²) in [5, 5.41) is 0. The first-order valence-electron chi connectivity index (χ1n) is 4.47. The molecule has 1 aromatic carbocycles. The number of ether oxygens (including phenoxy) is 1. The average molecular weight is 207 g/mol. The fraction of sp³-hybridized carbons (Fsp3) is 0.273. The van der Waals surface area contributed by atoms with E-state index < -0.39 is 0 Å². The molecule has 0 amide bonds. The van der Waals surface area contributed by atoms with Gasteiger partial charge in [0.05, 0.1) is 18.4 Å². The highest BCUT2D eigenvalue weighted by Crippen LogP contribution is 2.28. The van der Waals surface area contributed by atoms with Gasteiger partial charge in [0.1, 0.15) is 5.75 Å². The number of ketones is 2. The second-order valence-corrected chi connectivity index (χ2v) is 3.22. The normalized spacial score (nSPS) is 9.80. The minimum Gasteiger partial charge on any atom is -0.496 e. The lowest BCUT2D eigenvalue weighted by Gasteiger charge is -2.11. The summed E-state index contributed by atoms with van der Waals surface area (Å²) in [5.41, 5.74) is 6.55. The van der Waals surface area contributed by atoms with Gasteiger partial charge in [0, 0.05) is 5.56 Å². The summed E-state index contributed by atoms with van der Waals surface area (Å²) in [6.07, 6.45) is 0. The van der Waals surface area contributed by atoms with Gasteiger partial charge >= 0.3 is 0 Å². The predicted octanol–water partition coefficient (Wildman–Crippen LogP) is 1.68. The van der Waals surface area contributed by atoms with Gasteiger partial charge < -0.3 is 10.5 Å². The molecule has 0 spiro atoms. The molecule has 0 aromatic heterocycles. The first-order valence-corrected chi connectivity index (χ1v) is 4.47. The van der Waals surface area contributed by atoms with Crippen LogP contribution in [0, 0.1) is 0 Å². The molecule has 0 saturated heterocycles. The summed E-state index contributed by atoms with van der Waals surface area (Å²) in [7, 11) is 1.45. The van der Waals surface area contributed by atoms with Crippen molar-refractivity contribution in [3.8, 4) is 5.75 Å². The Kier molecular flexibility index (Phi) is 3.09. The van der Waals surface area contributed by atoms with Crippen LogP contribution in [0.4, 0.5) is 5.69 Å². The van der Waals surface area contributed by atoms with Gasteiger partial charge in [-0.15, -0.1) is 0 Å². The van der Waals surface area contributed by atoms with Gasteiger partial charge in [-0.25, -0.2) is 0 Å². The summed E-state index contributed by atoms with van der Waals surface area (Å²) in [4.78, 5) is 22.6. The zero-order valence-corrected chi connectivity index (χ0v) is 8.96. The number of rotatable bonds is 3. The van der Waals surface area contributed by atoms with Gasteiger partial charge in [-0.3, -0.25) is 9.59 Å². The van der Waals surface area contributed by atoms with E-state index in [4.69, 9.17) is 10.5 Å². The number of anilines is 1. The largest absolute Gasteiger partial charge is 0.496 e. The summed E-state index contributed by atoms with van der Waals surface area (Å²) >= 11 is 0. The van der Waals surface area contributed by atoms with E-state index in [-0.39, 0.29) is 22.8 Å². The van der Waals surface area contributed by atoms with Crippen molar-refractivity contribution >= 4 is 17.3 Å². The van der Waals surface area contributed by atoms with Crippen molar-refractivity contribution in [3.63, 3.8) is 0 Å². The molecule has 0 atom stereocenters.